The molecule has 1 aromatic rings. The van der Waals surface area contributed by atoms with E-state index < -0.39 is 11.9 Å². The number of carbonyl (C=O) groups is 1. The van der Waals surface area contributed by atoms with Crippen LogP contribution in [0, 0.1) is 11.8 Å². The molecule has 0 aliphatic carbocycles. The van der Waals surface area contributed by atoms with E-state index in [1.165, 1.54) is 109 Å². The third-order valence-corrected chi connectivity index (χ3v) is 8.59. The molecule has 4 nitrogen and oxygen atoms in total. The molecule has 0 bridgehead atoms. The van der Waals surface area contributed by atoms with Crippen LogP contribution in [0.4, 0.5) is 0 Å². The molecule has 238 valence electrons. The van der Waals surface area contributed by atoms with Crippen LogP contribution < -0.4 is 5.32 Å². The normalized spacial score (nSPS) is 20.2. The summed E-state index contributed by atoms with van der Waals surface area (Å²) in [5.74, 6) is 6.91. The van der Waals surface area contributed by atoms with Gasteiger partial charge in [0.25, 0.3) is 0 Å². The van der Waals surface area contributed by atoms with E-state index in [9.17, 15) is 4.79 Å². The van der Waals surface area contributed by atoms with Gasteiger partial charge in [0.1, 0.15) is 0 Å². The van der Waals surface area contributed by atoms with E-state index in [2.05, 4.69) is 31.0 Å². The average molecular weight is 582 g/mol. The van der Waals surface area contributed by atoms with Gasteiger partial charge in [-0.3, -0.25) is 4.79 Å². The van der Waals surface area contributed by atoms with Gasteiger partial charge in [-0.2, -0.15) is 0 Å². The van der Waals surface area contributed by atoms with Crippen molar-refractivity contribution in [2.24, 2.45) is 0 Å². The van der Waals surface area contributed by atoms with Gasteiger partial charge in [-0.15, -0.1) is 5.92 Å². The SMILES string of the molecule is CCCCCCCCCCCCCC#C[C@@]1(C)O[C@@H](c2ccccc2)OC[C@@H]1NC(=O)CCCCCCCCCCC. The molecular formula is C38H63NO3. The summed E-state index contributed by atoms with van der Waals surface area (Å²) in [4.78, 5) is 12.9. The third-order valence-electron chi connectivity index (χ3n) is 8.59. The molecule has 0 saturated carbocycles. The first-order valence-electron chi connectivity index (χ1n) is 17.7. The van der Waals surface area contributed by atoms with E-state index in [0.717, 1.165) is 31.2 Å². The standard InChI is InChI=1S/C38H63NO3/c1-4-6-8-10-12-14-15-16-17-19-21-23-28-32-38(3)35(33-41-37(42-38)34-29-25-24-26-30-34)39-36(40)31-27-22-20-18-13-11-9-7-5-2/h24-26,29-30,35,37H,4-23,27,31,33H2,1-3H3,(H,39,40)/t35-,37-,38+/m0/s1. The van der Waals surface area contributed by atoms with E-state index >= 15 is 0 Å². The zero-order valence-corrected chi connectivity index (χ0v) is 27.5. The zero-order valence-electron chi connectivity index (χ0n) is 27.5. The molecule has 1 saturated heterocycles. The van der Waals surface area contributed by atoms with Gasteiger partial charge < -0.3 is 14.8 Å². The van der Waals surface area contributed by atoms with Crippen molar-refractivity contribution in [3.8, 4) is 11.8 Å². The number of nitrogens with one attached hydrogen (secondary N) is 1. The first-order chi connectivity index (χ1) is 20.6. The van der Waals surface area contributed by atoms with Gasteiger partial charge >= 0.3 is 0 Å². The highest BCUT2D eigenvalue weighted by Crippen LogP contribution is 2.33. The second-order valence-corrected chi connectivity index (χ2v) is 12.6. The summed E-state index contributed by atoms with van der Waals surface area (Å²) in [6.45, 7) is 6.95. The lowest BCUT2D eigenvalue weighted by Crippen LogP contribution is -2.58. The fourth-order valence-electron chi connectivity index (χ4n) is 5.73. The van der Waals surface area contributed by atoms with E-state index in [1.54, 1.807) is 0 Å². The van der Waals surface area contributed by atoms with Crippen LogP contribution in [0.25, 0.3) is 0 Å². The Labute approximate surface area is 259 Å². The fourth-order valence-corrected chi connectivity index (χ4v) is 5.73. The summed E-state index contributed by atoms with van der Waals surface area (Å²) in [6.07, 6.45) is 26.8. The quantitative estimate of drug-likeness (QED) is 0.103. The van der Waals surface area contributed by atoms with Crippen molar-refractivity contribution in [2.45, 2.75) is 180 Å². The second-order valence-electron chi connectivity index (χ2n) is 12.6. The van der Waals surface area contributed by atoms with Crippen molar-refractivity contribution in [2.75, 3.05) is 6.61 Å². The number of amides is 1. The maximum Gasteiger partial charge on any atom is 0.220 e. The molecule has 2 rings (SSSR count). The topological polar surface area (TPSA) is 47.6 Å². The van der Waals surface area contributed by atoms with Gasteiger partial charge in [-0.1, -0.05) is 166 Å². The molecule has 1 N–H and O–H groups in total. The van der Waals surface area contributed by atoms with E-state index in [4.69, 9.17) is 9.47 Å². The molecule has 1 aromatic carbocycles. The Morgan fingerprint density at radius 1 is 0.762 bits per heavy atom. The minimum Gasteiger partial charge on any atom is -0.347 e. The Morgan fingerprint density at radius 2 is 1.26 bits per heavy atom. The van der Waals surface area contributed by atoms with E-state index in [0.29, 0.717) is 13.0 Å². The number of hydrogen-bond donors (Lipinski definition) is 1. The van der Waals surface area contributed by atoms with Crippen molar-refractivity contribution in [3.63, 3.8) is 0 Å². The lowest BCUT2D eigenvalue weighted by Gasteiger charge is -2.41. The Kier molecular flexibility index (Phi) is 20.4. The Morgan fingerprint density at radius 3 is 1.81 bits per heavy atom. The van der Waals surface area contributed by atoms with Crippen molar-refractivity contribution >= 4 is 5.91 Å². The molecule has 42 heavy (non-hydrogen) atoms. The highest BCUT2D eigenvalue weighted by Gasteiger charge is 2.42. The summed E-state index contributed by atoms with van der Waals surface area (Å²) in [7, 11) is 0. The van der Waals surface area contributed by atoms with Crippen LogP contribution in [0.2, 0.25) is 0 Å². The first-order valence-corrected chi connectivity index (χ1v) is 17.7. The van der Waals surface area contributed by atoms with Crippen LogP contribution in [0.3, 0.4) is 0 Å². The molecular weight excluding hydrogens is 518 g/mol. The molecule has 1 aliphatic heterocycles. The van der Waals surface area contributed by atoms with Crippen molar-refractivity contribution in [1.29, 1.82) is 0 Å². The lowest BCUT2D eigenvalue weighted by atomic mass is 9.94. The summed E-state index contributed by atoms with van der Waals surface area (Å²) in [6, 6.07) is 9.74. The van der Waals surface area contributed by atoms with Gasteiger partial charge in [0.2, 0.25) is 5.91 Å². The van der Waals surface area contributed by atoms with Gasteiger partial charge in [0.15, 0.2) is 11.9 Å². The highest BCUT2D eigenvalue weighted by atomic mass is 16.7. The fraction of sp³-hybridized carbons (Fsp3) is 0.763. The lowest BCUT2D eigenvalue weighted by molar-refractivity contribution is -0.248. The predicted octanol–water partition coefficient (Wildman–Crippen LogP) is 10.6. The van der Waals surface area contributed by atoms with Crippen LogP contribution in [0.5, 0.6) is 0 Å². The molecule has 1 heterocycles. The van der Waals surface area contributed by atoms with Crippen molar-refractivity contribution in [1.82, 2.24) is 5.32 Å². The molecule has 0 spiro atoms. The second kappa shape index (κ2) is 23.6. The summed E-state index contributed by atoms with van der Waals surface area (Å²) >= 11 is 0. The highest BCUT2D eigenvalue weighted by molar-refractivity contribution is 5.76. The van der Waals surface area contributed by atoms with Crippen LogP contribution in [-0.4, -0.2) is 24.2 Å². The smallest absolute Gasteiger partial charge is 0.220 e. The zero-order chi connectivity index (χ0) is 30.1. The Balaban J connectivity index is 1.75. The molecule has 0 radical (unpaired) electrons. The molecule has 0 unspecified atom stereocenters. The maximum absolute atomic E-state index is 12.9. The number of benzene rings is 1. The largest absolute Gasteiger partial charge is 0.347 e. The summed E-state index contributed by atoms with van der Waals surface area (Å²) in [5.41, 5.74) is 0.195. The average Bonchev–Trinajstić information content (AvgIpc) is 3.00. The number of unbranched alkanes of at least 4 members (excludes halogenated alkanes) is 19. The monoisotopic (exact) mass is 581 g/mol. The van der Waals surface area contributed by atoms with Crippen LogP contribution >= 0.6 is 0 Å². The summed E-state index contributed by atoms with van der Waals surface area (Å²) < 4.78 is 12.6. The van der Waals surface area contributed by atoms with Crippen molar-refractivity contribution < 1.29 is 14.3 Å². The minimum absolute atomic E-state index is 0.0756. The molecule has 4 heteroatoms. The molecule has 1 aliphatic rings. The Bertz CT molecular complexity index is 860. The van der Waals surface area contributed by atoms with Crippen LogP contribution in [0.1, 0.15) is 174 Å². The molecule has 1 amide bonds. The van der Waals surface area contributed by atoms with E-state index in [1.807, 2.05) is 37.3 Å². The maximum atomic E-state index is 12.9. The van der Waals surface area contributed by atoms with Crippen LogP contribution in [0.15, 0.2) is 30.3 Å². The van der Waals surface area contributed by atoms with Crippen molar-refractivity contribution in [3.05, 3.63) is 35.9 Å². The molecule has 3 atom stereocenters. The number of hydrogen-bond acceptors (Lipinski definition) is 3. The van der Waals surface area contributed by atoms with Gasteiger partial charge in [0.05, 0.1) is 12.6 Å². The summed E-state index contributed by atoms with van der Waals surface area (Å²) in [5, 5.41) is 3.21. The number of carbonyl (C=O) groups excluding carboxylic acids is 1. The van der Waals surface area contributed by atoms with Crippen LogP contribution in [-0.2, 0) is 14.3 Å². The molecule has 0 aromatic heterocycles. The first kappa shape index (κ1) is 36.4. The Hall–Kier alpha value is -1.83. The minimum atomic E-state index is -0.787. The number of rotatable bonds is 23. The van der Waals surface area contributed by atoms with Gasteiger partial charge in [-0.25, -0.2) is 0 Å². The molecule has 1 fully saturated rings. The number of ether oxygens (including phenoxy) is 2. The predicted molar refractivity (Wildman–Crippen MR) is 177 cm³/mol. The van der Waals surface area contributed by atoms with E-state index in [-0.39, 0.29) is 11.9 Å². The van der Waals surface area contributed by atoms with Gasteiger partial charge in [-0.05, 0) is 19.8 Å². The van der Waals surface area contributed by atoms with Gasteiger partial charge in [0, 0.05) is 18.4 Å². The third kappa shape index (κ3) is 16.1.